The molecule has 4 nitrogen and oxygen atoms in total. The molecule has 1 aliphatic rings. The van der Waals surface area contributed by atoms with Crippen LogP contribution in [0.1, 0.15) is 25.8 Å². The van der Waals surface area contributed by atoms with Crippen LogP contribution in [-0.4, -0.2) is 29.5 Å². The number of cyclic esters (lactones) is 1. The Morgan fingerprint density at radius 3 is 2.90 bits per heavy atom. The highest BCUT2D eigenvalue weighted by molar-refractivity contribution is 5.93. The van der Waals surface area contributed by atoms with E-state index in [0.717, 1.165) is 5.56 Å². The van der Waals surface area contributed by atoms with E-state index >= 15 is 0 Å². The normalized spacial score (nSPS) is 18.5. The van der Waals surface area contributed by atoms with Crippen LogP contribution in [-0.2, 0) is 16.0 Å². The van der Waals surface area contributed by atoms with Crippen molar-refractivity contribution in [2.75, 3.05) is 6.61 Å². The predicted octanol–water partition coefficient (Wildman–Crippen LogP) is 2.76. The Morgan fingerprint density at radius 1 is 1.50 bits per heavy atom. The molecule has 0 aromatic heterocycles. The van der Waals surface area contributed by atoms with Crippen LogP contribution < -0.4 is 0 Å². The van der Waals surface area contributed by atoms with Crippen molar-refractivity contribution in [2.24, 2.45) is 5.92 Å². The zero-order valence-corrected chi connectivity index (χ0v) is 11.6. The standard InChI is InChI=1S/C15H18FNO3/c1-10(2)13-9-20-15(19)17(13)14(18)7-6-11-4-3-5-12(16)8-11/h3-5,8,10,13H,6-7,9H2,1-2H3. The number of halogens is 1. The summed E-state index contributed by atoms with van der Waals surface area (Å²) >= 11 is 0. The number of hydrogen-bond acceptors (Lipinski definition) is 3. The van der Waals surface area contributed by atoms with Gasteiger partial charge in [0, 0.05) is 6.42 Å². The van der Waals surface area contributed by atoms with Crippen molar-refractivity contribution < 1.29 is 18.7 Å². The molecule has 0 radical (unpaired) electrons. The van der Waals surface area contributed by atoms with E-state index in [-0.39, 0.29) is 36.7 Å². The summed E-state index contributed by atoms with van der Waals surface area (Å²) in [6.45, 7) is 4.14. The van der Waals surface area contributed by atoms with E-state index < -0.39 is 6.09 Å². The third-order valence-corrected chi connectivity index (χ3v) is 3.46. The van der Waals surface area contributed by atoms with Gasteiger partial charge in [-0.25, -0.2) is 14.1 Å². The number of ether oxygens (including phenoxy) is 1. The van der Waals surface area contributed by atoms with E-state index in [1.54, 1.807) is 12.1 Å². The number of amides is 2. The Labute approximate surface area is 117 Å². The molecule has 1 aromatic carbocycles. The SMILES string of the molecule is CC(C)C1COC(=O)N1C(=O)CCc1cccc(F)c1. The topological polar surface area (TPSA) is 46.6 Å². The van der Waals surface area contributed by atoms with Crippen molar-refractivity contribution >= 4 is 12.0 Å². The fourth-order valence-corrected chi connectivity index (χ4v) is 2.28. The van der Waals surface area contributed by atoms with E-state index in [1.165, 1.54) is 17.0 Å². The van der Waals surface area contributed by atoms with Gasteiger partial charge in [-0.1, -0.05) is 26.0 Å². The van der Waals surface area contributed by atoms with Crippen LogP contribution in [0.15, 0.2) is 24.3 Å². The molecule has 20 heavy (non-hydrogen) atoms. The first-order chi connectivity index (χ1) is 9.49. The Bertz CT molecular complexity index is 516. The first-order valence-corrected chi connectivity index (χ1v) is 6.72. The quantitative estimate of drug-likeness (QED) is 0.851. The predicted molar refractivity (Wildman–Crippen MR) is 71.5 cm³/mol. The Morgan fingerprint density at radius 2 is 2.25 bits per heavy atom. The van der Waals surface area contributed by atoms with Crippen LogP contribution >= 0.6 is 0 Å². The molecule has 1 aromatic rings. The van der Waals surface area contributed by atoms with Gasteiger partial charge in [-0.15, -0.1) is 0 Å². The molecule has 5 heteroatoms. The van der Waals surface area contributed by atoms with Gasteiger partial charge in [-0.05, 0) is 30.0 Å². The van der Waals surface area contributed by atoms with Crippen molar-refractivity contribution in [3.05, 3.63) is 35.6 Å². The van der Waals surface area contributed by atoms with Gasteiger partial charge >= 0.3 is 6.09 Å². The van der Waals surface area contributed by atoms with Gasteiger partial charge in [0.05, 0.1) is 6.04 Å². The van der Waals surface area contributed by atoms with Gasteiger partial charge in [0.1, 0.15) is 12.4 Å². The fourth-order valence-electron chi connectivity index (χ4n) is 2.28. The lowest BCUT2D eigenvalue weighted by Gasteiger charge is -2.22. The highest BCUT2D eigenvalue weighted by Gasteiger charge is 2.38. The maximum atomic E-state index is 13.1. The van der Waals surface area contributed by atoms with Crippen molar-refractivity contribution in [1.82, 2.24) is 4.90 Å². The Hall–Kier alpha value is -1.91. The van der Waals surface area contributed by atoms with Crippen LogP contribution in [0.25, 0.3) is 0 Å². The van der Waals surface area contributed by atoms with Gasteiger partial charge in [0.15, 0.2) is 0 Å². The Balaban J connectivity index is 1.99. The molecular weight excluding hydrogens is 261 g/mol. The smallest absolute Gasteiger partial charge is 0.416 e. The minimum atomic E-state index is -0.576. The van der Waals surface area contributed by atoms with Crippen molar-refractivity contribution in [2.45, 2.75) is 32.7 Å². The maximum absolute atomic E-state index is 13.1. The first-order valence-electron chi connectivity index (χ1n) is 6.72. The summed E-state index contributed by atoms with van der Waals surface area (Å²) in [6.07, 6.45) is 0.000372. The molecular formula is C15H18FNO3. The zero-order valence-electron chi connectivity index (χ0n) is 11.6. The molecule has 1 unspecified atom stereocenters. The van der Waals surface area contributed by atoms with Crippen molar-refractivity contribution in [3.8, 4) is 0 Å². The van der Waals surface area contributed by atoms with E-state index in [4.69, 9.17) is 4.74 Å². The number of imide groups is 1. The molecule has 1 fully saturated rings. The molecule has 0 bridgehead atoms. The molecule has 1 atom stereocenters. The highest BCUT2D eigenvalue weighted by atomic mass is 19.1. The number of carbonyl (C=O) groups excluding carboxylic acids is 2. The minimum absolute atomic E-state index is 0.152. The van der Waals surface area contributed by atoms with E-state index in [0.29, 0.717) is 6.42 Å². The van der Waals surface area contributed by atoms with Crippen LogP contribution in [0.3, 0.4) is 0 Å². The summed E-state index contributed by atoms with van der Waals surface area (Å²) < 4.78 is 18.0. The maximum Gasteiger partial charge on any atom is 0.416 e. The molecule has 1 aliphatic heterocycles. The number of benzene rings is 1. The summed E-state index contributed by atoms with van der Waals surface area (Å²) in [7, 11) is 0. The summed E-state index contributed by atoms with van der Waals surface area (Å²) in [5.74, 6) is -0.439. The van der Waals surface area contributed by atoms with Crippen LogP contribution in [0.2, 0.25) is 0 Å². The van der Waals surface area contributed by atoms with Crippen LogP contribution in [0, 0.1) is 11.7 Å². The van der Waals surface area contributed by atoms with Crippen molar-refractivity contribution in [3.63, 3.8) is 0 Å². The molecule has 0 saturated carbocycles. The Kier molecular flexibility index (Phi) is 4.37. The third-order valence-electron chi connectivity index (χ3n) is 3.46. The lowest BCUT2D eigenvalue weighted by atomic mass is 10.0. The summed E-state index contributed by atoms with van der Waals surface area (Å²) in [5.41, 5.74) is 0.743. The largest absolute Gasteiger partial charge is 0.447 e. The minimum Gasteiger partial charge on any atom is -0.447 e. The second-order valence-corrected chi connectivity index (χ2v) is 5.28. The number of carbonyl (C=O) groups is 2. The van der Waals surface area contributed by atoms with Gasteiger partial charge in [-0.2, -0.15) is 0 Å². The average Bonchev–Trinajstić information content (AvgIpc) is 2.78. The zero-order chi connectivity index (χ0) is 14.7. The number of aryl methyl sites for hydroxylation is 1. The molecule has 0 aliphatic carbocycles. The van der Waals surface area contributed by atoms with Crippen LogP contribution in [0.5, 0.6) is 0 Å². The van der Waals surface area contributed by atoms with Gasteiger partial charge < -0.3 is 4.74 Å². The molecule has 108 valence electrons. The number of nitrogens with zero attached hydrogens (tertiary/aromatic N) is 1. The number of hydrogen-bond donors (Lipinski definition) is 0. The molecule has 1 saturated heterocycles. The summed E-state index contributed by atoms with van der Waals surface area (Å²) in [5, 5.41) is 0. The molecule has 2 rings (SSSR count). The van der Waals surface area contributed by atoms with E-state index in [9.17, 15) is 14.0 Å². The van der Waals surface area contributed by atoms with Crippen LogP contribution in [0.4, 0.5) is 9.18 Å². The van der Waals surface area contributed by atoms with E-state index in [2.05, 4.69) is 0 Å². The monoisotopic (exact) mass is 279 g/mol. The van der Waals surface area contributed by atoms with Gasteiger partial charge in [0.25, 0.3) is 0 Å². The lowest BCUT2D eigenvalue weighted by Crippen LogP contribution is -2.41. The summed E-state index contributed by atoms with van der Waals surface area (Å²) in [4.78, 5) is 25.0. The lowest BCUT2D eigenvalue weighted by molar-refractivity contribution is -0.129. The third kappa shape index (κ3) is 3.15. The molecule has 0 spiro atoms. The average molecular weight is 279 g/mol. The molecule has 0 N–H and O–H groups in total. The van der Waals surface area contributed by atoms with Crippen molar-refractivity contribution in [1.29, 1.82) is 0 Å². The summed E-state index contributed by atoms with van der Waals surface area (Å²) in [6, 6.07) is 5.92. The number of rotatable bonds is 4. The highest BCUT2D eigenvalue weighted by Crippen LogP contribution is 2.21. The van der Waals surface area contributed by atoms with Gasteiger partial charge in [-0.3, -0.25) is 4.79 Å². The second kappa shape index (κ2) is 6.03. The molecule has 2 amide bonds. The fraction of sp³-hybridized carbons (Fsp3) is 0.467. The molecule has 1 heterocycles. The van der Waals surface area contributed by atoms with E-state index in [1.807, 2.05) is 13.8 Å². The second-order valence-electron chi connectivity index (χ2n) is 5.28. The van der Waals surface area contributed by atoms with Gasteiger partial charge in [0.2, 0.25) is 5.91 Å². The first kappa shape index (κ1) is 14.5.